The number of nitrogens with one attached hydrogen (secondary N) is 3. The van der Waals surface area contributed by atoms with Gasteiger partial charge in [0.1, 0.15) is 5.75 Å². The molecule has 0 spiro atoms. The second-order valence-corrected chi connectivity index (χ2v) is 6.27. The highest BCUT2D eigenvalue weighted by Gasteiger charge is 2.10. The maximum atomic E-state index is 12.1. The molecular formula is C20H21N3O5S. The van der Waals surface area contributed by atoms with Gasteiger partial charge in [-0.1, -0.05) is 17.7 Å². The minimum Gasteiger partial charge on any atom is -0.484 e. The number of esters is 1. The molecule has 2 rings (SSSR count). The minimum atomic E-state index is -0.508. The number of ether oxygens (including phenoxy) is 2. The number of rotatable bonds is 6. The first-order valence-corrected chi connectivity index (χ1v) is 9.16. The van der Waals surface area contributed by atoms with E-state index in [1.807, 2.05) is 13.0 Å². The van der Waals surface area contributed by atoms with Crippen molar-refractivity contribution in [2.45, 2.75) is 13.8 Å². The lowest BCUT2D eigenvalue weighted by Crippen LogP contribution is -2.49. The van der Waals surface area contributed by atoms with Crippen molar-refractivity contribution in [2.24, 2.45) is 0 Å². The van der Waals surface area contributed by atoms with Crippen molar-refractivity contribution < 1.29 is 23.9 Å². The van der Waals surface area contributed by atoms with E-state index < -0.39 is 17.8 Å². The Morgan fingerprint density at radius 2 is 1.72 bits per heavy atom. The first-order valence-electron chi connectivity index (χ1n) is 8.76. The standard InChI is InChI=1S/C20H21N3O5S/c1-3-27-19(26)14-7-9-16(10-8-14)28-12-17(24)22-23-20(29)21-18(25)15-6-4-5-13(2)11-15/h4-11H,3,12H2,1-2H3,(H,22,24)(H2,21,23,25,29). The molecule has 0 saturated carbocycles. The Morgan fingerprint density at radius 3 is 2.38 bits per heavy atom. The van der Waals surface area contributed by atoms with E-state index in [1.54, 1.807) is 49.4 Å². The molecule has 0 aromatic heterocycles. The lowest BCUT2D eigenvalue weighted by molar-refractivity contribution is -0.123. The average Bonchev–Trinajstić information content (AvgIpc) is 2.71. The average molecular weight is 415 g/mol. The Morgan fingerprint density at radius 1 is 1.00 bits per heavy atom. The van der Waals surface area contributed by atoms with Crippen LogP contribution in [-0.2, 0) is 9.53 Å². The van der Waals surface area contributed by atoms with Crippen molar-refractivity contribution in [3.63, 3.8) is 0 Å². The normalized spacial score (nSPS) is 9.86. The Hall–Kier alpha value is -3.46. The SMILES string of the molecule is CCOC(=O)c1ccc(OCC(=O)NNC(=S)NC(=O)c2cccc(C)c2)cc1. The van der Waals surface area contributed by atoms with Crippen LogP contribution in [-0.4, -0.2) is 36.1 Å². The number of amides is 2. The lowest BCUT2D eigenvalue weighted by atomic mass is 10.1. The zero-order valence-corrected chi connectivity index (χ0v) is 16.8. The minimum absolute atomic E-state index is 0.0522. The predicted octanol–water partition coefficient (Wildman–Crippen LogP) is 1.89. The molecule has 8 nitrogen and oxygen atoms in total. The van der Waals surface area contributed by atoms with Gasteiger partial charge in [0, 0.05) is 5.56 Å². The third-order valence-electron chi connectivity index (χ3n) is 3.56. The fraction of sp³-hybridized carbons (Fsp3) is 0.200. The largest absolute Gasteiger partial charge is 0.484 e. The molecular weight excluding hydrogens is 394 g/mol. The topological polar surface area (TPSA) is 106 Å². The van der Waals surface area contributed by atoms with E-state index in [0.29, 0.717) is 16.9 Å². The highest BCUT2D eigenvalue weighted by Crippen LogP contribution is 2.12. The molecule has 3 N–H and O–H groups in total. The molecule has 9 heteroatoms. The van der Waals surface area contributed by atoms with Crippen LogP contribution >= 0.6 is 12.2 Å². The third kappa shape index (κ3) is 7.23. The van der Waals surface area contributed by atoms with Crippen LogP contribution in [0.1, 0.15) is 33.2 Å². The monoisotopic (exact) mass is 415 g/mol. The maximum Gasteiger partial charge on any atom is 0.338 e. The number of hydrazine groups is 1. The van der Waals surface area contributed by atoms with E-state index in [-0.39, 0.29) is 18.3 Å². The number of carbonyl (C=O) groups is 3. The molecule has 2 aromatic carbocycles. The van der Waals surface area contributed by atoms with Gasteiger partial charge < -0.3 is 9.47 Å². The van der Waals surface area contributed by atoms with Crippen LogP contribution in [0.15, 0.2) is 48.5 Å². The summed E-state index contributed by atoms with van der Waals surface area (Å²) >= 11 is 4.98. The van der Waals surface area contributed by atoms with Gasteiger partial charge in [0.05, 0.1) is 12.2 Å². The number of thiocarbonyl (C=S) groups is 1. The summed E-state index contributed by atoms with van der Waals surface area (Å²) in [7, 11) is 0. The maximum absolute atomic E-state index is 12.1. The molecule has 0 radical (unpaired) electrons. The molecule has 0 aliphatic carbocycles. The number of hydrogen-bond donors (Lipinski definition) is 3. The Bertz CT molecular complexity index is 899. The van der Waals surface area contributed by atoms with E-state index in [2.05, 4.69) is 16.2 Å². The predicted molar refractivity (Wildman–Crippen MR) is 110 cm³/mol. The quantitative estimate of drug-likeness (QED) is 0.376. The Labute approximate surface area is 173 Å². The van der Waals surface area contributed by atoms with Gasteiger partial charge in [-0.05, 0) is 62.5 Å². The van der Waals surface area contributed by atoms with Crippen molar-refractivity contribution in [3.05, 3.63) is 65.2 Å². The van der Waals surface area contributed by atoms with Gasteiger partial charge in [-0.2, -0.15) is 0 Å². The van der Waals surface area contributed by atoms with Crippen LogP contribution in [0, 0.1) is 6.92 Å². The molecule has 2 amide bonds. The molecule has 0 bridgehead atoms. The molecule has 0 heterocycles. The van der Waals surface area contributed by atoms with Crippen LogP contribution in [0.4, 0.5) is 0 Å². The molecule has 29 heavy (non-hydrogen) atoms. The molecule has 2 aromatic rings. The summed E-state index contributed by atoms with van der Waals surface area (Å²) in [5, 5.41) is 2.41. The molecule has 0 aliphatic rings. The zero-order valence-electron chi connectivity index (χ0n) is 16.0. The highest BCUT2D eigenvalue weighted by molar-refractivity contribution is 7.80. The summed E-state index contributed by atoms with van der Waals surface area (Å²) < 4.78 is 10.2. The molecule has 0 saturated heterocycles. The van der Waals surface area contributed by atoms with E-state index in [9.17, 15) is 14.4 Å². The van der Waals surface area contributed by atoms with Crippen LogP contribution in [0.5, 0.6) is 5.75 Å². The zero-order chi connectivity index (χ0) is 21.2. The molecule has 0 aliphatic heterocycles. The van der Waals surface area contributed by atoms with Crippen molar-refractivity contribution in [1.82, 2.24) is 16.2 Å². The van der Waals surface area contributed by atoms with Gasteiger partial charge in [-0.3, -0.25) is 25.8 Å². The van der Waals surface area contributed by atoms with Crippen LogP contribution in [0.2, 0.25) is 0 Å². The fourth-order valence-electron chi connectivity index (χ4n) is 2.21. The Kier molecular flexibility index (Phi) is 8.11. The van der Waals surface area contributed by atoms with Gasteiger partial charge in [0.2, 0.25) is 0 Å². The number of benzene rings is 2. The third-order valence-corrected chi connectivity index (χ3v) is 3.76. The second-order valence-electron chi connectivity index (χ2n) is 5.86. The summed E-state index contributed by atoms with van der Waals surface area (Å²) in [4.78, 5) is 35.5. The molecule has 0 atom stereocenters. The van der Waals surface area contributed by atoms with Gasteiger partial charge in [-0.25, -0.2) is 4.79 Å². The van der Waals surface area contributed by atoms with Gasteiger partial charge >= 0.3 is 5.97 Å². The first-order chi connectivity index (χ1) is 13.9. The fourth-order valence-corrected chi connectivity index (χ4v) is 2.35. The highest BCUT2D eigenvalue weighted by atomic mass is 32.1. The van der Waals surface area contributed by atoms with Crippen molar-refractivity contribution in [3.8, 4) is 5.75 Å². The summed E-state index contributed by atoms with van der Waals surface area (Å²) in [5.74, 6) is -0.921. The summed E-state index contributed by atoms with van der Waals surface area (Å²) in [6.45, 7) is 3.59. The summed E-state index contributed by atoms with van der Waals surface area (Å²) in [6.07, 6.45) is 0. The molecule has 0 unspecified atom stereocenters. The second kappa shape index (κ2) is 10.8. The van der Waals surface area contributed by atoms with Gasteiger partial charge in [0.25, 0.3) is 11.8 Å². The van der Waals surface area contributed by atoms with E-state index in [4.69, 9.17) is 21.7 Å². The number of aryl methyl sites for hydroxylation is 1. The van der Waals surface area contributed by atoms with E-state index in [1.165, 1.54) is 0 Å². The Balaban J connectivity index is 1.73. The van der Waals surface area contributed by atoms with Crippen LogP contribution in [0.25, 0.3) is 0 Å². The molecule has 0 fully saturated rings. The van der Waals surface area contributed by atoms with Crippen LogP contribution in [0.3, 0.4) is 0 Å². The molecule has 152 valence electrons. The van der Waals surface area contributed by atoms with E-state index >= 15 is 0 Å². The van der Waals surface area contributed by atoms with Crippen LogP contribution < -0.4 is 20.9 Å². The lowest BCUT2D eigenvalue weighted by Gasteiger charge is -2.11. The summed E-state index contributed by atoms with van der Waals surface area (Å²) in [5.41, 5.74) is 6.54. The van der Waals surface area contributed by atoms with Crippen molar-refractivity contribution >= 4 is 35.1 Å². The number of carbonyl (C=O) groups excluding carboxylic acids is 3. The smallest absolute Gasteiger partial charge is 0.338 e. The van der Waals surface area contributed by atoms with E-state index in [0.717, 1.165) is 5.56 Å². The van der Waals surface area contributed by atoms with Crippen molar-refractivity contribution in [2.75, 3.05) is 13.2 Å². The first kappa shape index (κ1) is 21.8. The van der Waals surface area contributed by atoms with Gasteiger partial charge in [0.15, 0.2) is 11.7 Å². The summed E-state index contributed by atoms with van der Waals surface area (Å²) in [6, 6.07) is 13.2. The van der Waals surface area contributed by atoms with Crippen molar-refractivity contribution in [1.29, 1.82) is 0 Å². The van der Waals surface area contributed by atoms with Gasteiger partial charge in [-0.15, -0.1) is 0 Å². The number of hydrogen-bond acceptors (Lipinski definition) is 6.